The number of carbonyl (C=O) groups excluding carboxylic acids is 1. The summed E-state index contributed by atoms with van der Waals surface area (Å²) in [5.41, 5.74) is -0.213. The highest BCUT2D eigenvalue weighted by molar-refractivity contribution is 7.99. The smallest absolute Gasteiger partial charge is 0.418 e. The van der Waals surface area contributed by atoms with Crippen LogP contribution < -0.4 is 15.0 Å². The number of amides is 1. The van der Waals surface area contributed by atoms with Gasteiger partial charge in [0.1, 0.15) is 5.75 Å². The molecule has 162 valence electrons. The number of benzene rings is 2. The van der Waals surface area contributed by atoms with E-state index >= 15 is 0 Å². The Bertz CT molecular complexity index is 1090. The number of nitrogens with one attached hydrogen (secondary N) is 1. The fraction of sp³-hybridized carbons (Fsp3) is 0.250. The van der Waals surface area contributed by atoms with Gasteiger partial charge in [-0.15, -0.1) is 10.2 Å². The Balaban J connectivity index is 1.41. The predicted molar refractivity (Wildman–Crippen MR) is 111 cm³/mol. The molecule has 1 N–H and O–H groups in total. The molecule has 1 aliphatic rings. The Hall–Kier alpha value is -3.21. The van der Waals surface area contributed by atoms with Gasteiger partial charge in [0, 0.05) is 18.8 Å². The van der Waals surface area contributed by atoms with Crippen molar-refractivity contribution in [2.45, 2.75) is 17.9 Å². The summed E-state index contributed by atoms with van der Waals surface area (Å²) in [6.45, 7) is 1.32. The first-order valence-electron chi connectivity index (χ1n) is 9.30. The second kappa shape index (κ2) is 8.50. The zero-order chi connectivity index (χ0) is 22.0. The van der Waals surface area contributed by atoms with Crippen molar-refractivity contribution in [3.8, 4) is 5.75 Å². The molecule has 1 amide bonds. The first kappa shape index (κ1) is 21.0. The average Bonchev–Trinajstić information content (AvgIpc) is 3.34. The molecule has 0 saturated carbocycles. The SMILES string of the molecule is COc1ccc(N2CCn3c(SCC(=O)Nc4ccccc4C(F)(F)F)nnc32)cc1. The minimum Gasteiger partial charge on any atom is -0.497 e. The number of halogens is 3. The number of hydrogen-bond acceptors (Lipinski definition) is 6. The predicted octanol–water partition coefficient (Wildman–Crippen LogP) is 4.19. The molecule has 0 bridgehead atoms. The number of methoxy groups -OCH3 is 1. The Morgan fingerprint density at radius 1 is 1.13 bits per heavy atom. The lowest BCUT2D eigenvalue weighted by Crippen LogP contribution is -2.18. The lowest BCUT2D eigenvalue weighted by atomic mass is 10.1. The van der Waals surface area contributed by atoms with Crippen molar-refractivity contribution in [3.05, 3.63) is 54.1 Å². The van der Waals surface area contributed by atoms with Gasteiger partial charge in [-0.2, -0.15) is 13.2 Å². The molecule has 7 nitrogen and oxygen atoms in total. The molecule has 3 aromatic rings. The highest BCUT2D eigenvalue weighted by Crippen LogP contribution is 2.35. The number of aromatic nitrogens is 3. The molecule has 0 saturated heterocycles. The van der Waals surface area contributed by atoms with E-state index in [-0.39, 0.29) is 11.4 Å². The van der Waals surface area contributed by atoms with E-state index in [2.05, 4.69) is 15.5 Å². The third-order valence-electron chi connectivity index (χ3n) is 4.71. The Labute approximate surface area is 180 Å². The summed E-state index contributed by atoms with van der Waals surface area (Å²) in [6.07, 6.45) is -4.55. The second-order valence-corrected chi connectivity index (χ2v) is 7.61. The third kappa shape index (κ3) is 4.46. The monoisotopic (exact) mass is 449 g/mol. The molecule has 0 radical (unpaired) electrons. The maximum Gasteiger partial charge on any atom is 0.418 e. The summed E-state index contributed by atoms with van der Waals surface area (Å²) >= 11 is 1.13. The van der Waals surface area contributed by atoms with Gasteiger partial charge in [0.25, 0.3) is 0 Å². The zero-order valence-corrected chi connectivity index (χ0v) is 17.2. The van der Waals surface area contributed by atoms with Crippen molar-refractivity contribution >= 4 is 35.0 Å². The number of fused-ring (bicyclic) bond motifs is 1. The summed E-state index contributed by atoms with van der Waals surface area (Å²) in [5.74, 6) is 0.755. The summed E-state index contributed by atoms with van der Waals surface area (Å²) in [7, 11) is 1.60. The molecule has 0 spiro atoms. The molecule has 0 aliphatic carbocycles. The van der Waals surface area contributed by atoms with E-state index in [9.17, 15) is 18.0 Å². The average molecular weight is 449 g/mol. The standard InChI is InChI=1S/C20H18F3N5O2S/c1-30-14-8-6-13(7-9-14)27-10-11-28-18(27)25-26-19(28)31-12-17(29)24-16-5-3-2-4-15(16)20(21,22)23/h2-9H,10-12H2,1H3,(H,24,29). The molecule has 2 heterocycles. The van der Waals surface area contributed by atoms with Gasteiger partial charge in [-0.3, -0.25) is 9.36 Å². The topological polar surface area (TPSA) is 72.3 Å². The van der Waals surface area contributed by atoms with Crippen LogP contribution in [0.3, 0.4) is 0 Å². The van der Waals surface area contributed by atoms with Crippen LogP contribution in [0, 0.1) is 0 Å². The molecule has 4 rings (SSSR count). The van der Waals surface area contributed by atoms with Crippen LogP contribution in [0.25, 0.3) is 0 Å². The largest absolute Gasteiger partial charge is 0.497 e. The quantitative estimate of drug-likeness (QED) is 0.569. The molecular weight excluding hydrogens is 431 g/mol. The van der Waals surface area contributed by atoms with Crippen LogP contribution in [0.1, 0.15) is 5.56 Å². The van der Waals surface area contributed by atoms with Gasteiger partial charge in [-0.1, -0.05) is 23.9 Å². The Morgan fingerprint density at radius 2 is 1.87 bits per heavy atom. The van der Waals surface area contributed by atoms with Gasteiger partial charge in [0.05, 0.1) is 24.1 Å². The van der Waals surface area contributed by atoms with Crippen molar-refractivity contribution in [1.29, 1.82) is 0 Å². The number of hydrogen-bond donors (Lipinski definition) is 1. The normalized spacial score (nSPS) is 13.2. The number of thioether (sulfide) groups is 1. The fourth-order valence-corrected chi connectivity index (χ4v) is 4.01. The zero-order valence-electron chi connectivity index (χ0n) is 16.4. The number of anilines is 3. The number of para-hydroxylation sites is 1. The van der Waals surface area contributed by atoms with Gasteiger partial charge >= 0.3 is 6.18 Å². The molecule has 31 heavy (non-hydrogen) atoms. The maximum absolute atomic E-state index is 13.1. The second-order valence-electron chi connectivity index (χ2n) is 6.66. The molecule has 11 heteroatoms. The van der Waals surface area contributed by atoms with E-state index in [4.69, 9.17) is 4.74 Å². The molecule has 1 aliphatic heterocycles. The first-order chi connectivity index (χ1) is 14.9. The van der Waals surface area contributed by atoms with Gasteiger partial charge < -0.3 is 15.0 Å². The number of alkyl halides is 3. The summed E-state index contributed by atoms with van der Waals surface area (Å²) in [4.78, 5) is 14.3. The first-order valence-corrected chi connectivity index (χ1v) is 10.3. The number of ether oxygens (including phenoxy) is 1. The van der Waals surface area contributed by atoms with E-state index in [0.717, 1.165) is 29.3 Å². The van der Waals surface area contributed by atoms with E-state index < -0.39 is 17.6 Å². The van der Waals surface area contributed by atoms with Crippen LogP contribution in [0.2, 0.25) is 0 Å². The van der Waals surface area contributed by atoms with E-state index in [0.29, 0.717) is 24.2 Å². The van der Waals surface area contributed by atoms with Gasteiger partial charge in [0.15, 0.2) is 5.16 Å². The maximum atomic E-state index is 13.1. The Kier molecular flexibility index (Phi) is 5.77. The third-order valence-corrected chi connectivity index (χ3v) is 5.68. The van der Waals surface area contributed by atoms with Crippen LogP contribution in [0.4, 0.5) is 30.5 Å². The summed E-state index contributed by atoms with van der Waals surface area (Å²) in [6, 6.07) is 12.4. The molecular formula is C20H18F3N5O2S. The molecule has 2 aromatic carbocycles. The van der Waals surface area contributed by atoms with E-state index in [1.807, 2.05) is 33.7 Å². The van der Waals surface area contributed by atoms with E-state index in [1.54, 1.807) is 7.11 Å². The molecule has 0 atom stereocenters. The van der Waals surface area contributed by atoms with Crippen molar-refractivity contribution in [2.75, 3.05) is 29.6 Å². The lowest BCUT2D eigenvalue weighted by Gasteiger charge is -2.15. The Morgan fingerprint density at radius 3 is 2.58 bits per heavy atom. The molecule has 0 fully saturated rings. The minimum absolute atomic E-state index is 0.0904. The van der Waals surface area contributed by atoms with Crippen molar-refractivity contribution in [3.63, 3.8) is 0 Å². The van der Waals surface area contributed by atoms with Gasteiger partial charge in [0.2, 0.25) is 11.9 Å². The van der Waals surface area contributed by atoms with Crippen molar-refractivity contribution in [1.82, 2.24) is 14.8 Å². The molecule has 1 aromatic heterocycles. The number of nitrogens with zero attached hydrogens (tertiary/aromatic N) is 4. The van der Waals surface area contributed by atoms with Crippen LogP contribution in [0.5, 0.6) is 5.75 Å². The van der Waals surface area contributed by atoms with Crippen molar-refractivity contribution < 1.29 is 22.7 Å². The highest BCUT2D eigenvalue weighted by Gasteiger charge is 2.33. The lowest BCUT2D eigenvalue weighted by molar-refractivity contribution is -0.137. The number of carbonyl (C=O) groups is 1. The molecule has 0 unspecified atom stereocenters. The minimum atomic E-state index is -4.55. The summed E-state index contributed by atoms with van der Waals surface area (Å²) < 4.78 is 46.3. The van der Waals surface area contributed by atoms with Crippen LogP contribution in [0.15, 0.2) is 53.7 Å². The van der Waals surface area contributed by atoms with Crippen LogP contribution in [-0.2, 0) is 17.5 Å². The summed E-state index contributed by atoms with van der Waals surface area (Å²) in [5, 5.41) is 11.2. The van der Waals surface area contributed by atoms with Gasteiger partial charge in [-0.25, -0.2) is 0 Å². The van der Waals surface area contributed by atoms with Crippen LogP contribution >= 0.6 is 11.8 Å². The number of rotatable bonds is 6. The van der Waals surface area contributed by atoms with Crippen LogP contribution in [-0.4, -0.2) is 40.1 Å². The van der Waals surface area contributed by atoms with Gasteiger partial charge in [-0.05, 0) is 36.4 Å². The highest BCUT2D eigenvalue weighted by atomic mass is 32.2. The van der Waals surface area contributed by atoms with E-state index in [1.165, 1.54) is 18.2 Å². The van der Waals surface area contributed by atoms with Crippen molar-refractivity contribution in [2.24, 2.45) is 0 Å². The fourth-order valence-electron chi connectivity index (χ4n) is 3.25.